The van der Waals surface area contributed by atoms with Crippen LogP contribution in [0.15, 0.2) is 66.7 Å². The lowest BCUT2D eigenvalue weighted by Gasteiger charge is -2.10. The van der Waals surface area contributed by atoms with Crippen LogP contribution in [0.25, 0.3) is 22.5 Å². The molecule has 0 aliphatic rings. The standard InChI is InChI=1S/C19H19NO/c1-14(2)21-18-13-17(15-9-5-3-6-10-15)20-19(18)16-11-7-4-8-12-16/h3-14,20H,1-2H3. The molecular weight excluding hydrogens is 258 g/mol. The lowest BCUT2D eigenvalue weighted by molar-refractivity contribution is 0.244. The Kier molecular flexibility index (Phi) is 3.78. The third-order valence-electron chi connectivity index (χ3n) is 3.29. The van der Waals surface area contributed by atoms with Gasteiger partial charge in [-0.3, -0.25) is 0 Å². The van der Waals surface area contributed by atoms with Crippen LogP contribution in [0.4, 0.5) is 0 Å². The topological polar surface area (TPSA) is 25.0 Å². The van der Waals surface area contributed by atoms with Crippen molar-refractivity contribution in [1.82, 2.24) is 4.98 Å². The van der Waals surface area contributed by atoms with Gasteiger partial charge in [0.2, 0.25) is 0 Å². The number of ether oxygens (including phenoxy) is 1. The summed E-state index contributed by atoms with van der Waals surface area (Å²) < 4.78 is 5.97. The van der Waals surface area contributed by atoms with Crippen LogP contribution in [0.3, 0.4) is 0 Å². The van der Waals surface area contributed by atoms with Gasteiger partial charge in [0.1, 0.15) is 5.75 Å². The Morgan fingerprint density at radius 2 is 1.38 bits per heavy atom. The summed E-state index contributed by atoms with van der Waals surface area (Å²) in [4.78, 5) is 3.49. The number of hydrogen-bond donors (Lipinski definition) is 1. The molecule has 0 fully saturated rings. The maximum atomic E-state index is 5.97. The quantitative estimate of drug-likeness (QED) is 0.702. The zero-order valence-electron chi connectivity index (χ0n) is 12.3. The third-order valence-corrected chi connectivity index (χ3v) is 3.29. The van der Waals surface area contributed by atoms with Gasteiger partial charge in [0.15, 0.2) is 0 Å². The molecule has 106 valence electrons. The first-order chi connectivity index (χ1) is 10.2. The highest BCUT2D eigenvalue weighted by Crippen LogP contribution is 2.34. The largest absolute Gasteiger partial charge is 0.489 e. The first-order valence-corrected chi connectivity index (χ1v) is 7.24. The summed E-state index contributed by atoms with van der Waals surface area (Å²) in [5.41, 5.74) is 4.40. The lowest BCUT2D eigenvalue weighted by Crippen LogP contribution is -2.05. The van der Waals surface area contributed by atoms with E-state index in [1.807, 2.05) is 50.2 Å². The van der Waals surface area contributed by atoms with E-state index in [4.69, 9.17) is 4.74 Å². The van der Waals surface area contributed by atoms with Crippen LogP contribution in [-0.2, 0) is 0 Å². The van der Waals surface area contributed by atoms with Crippen LogP contribution >= 0.6 is 0 Å². The zero-order chi connectivity index (χ0) is 14.7. The third kappa shape index (κ3) is 3.00. The number of hydrogen-bond acceptors (Lipinski definition) is 1. The van der Waals surface area contributed by atoms with Gasteiger partial charge >= 0.3 is 0 Å². The molecule has 2 heteroatoms. The van der Waals surface area contributed by atoms with Gasteiger partial charge in [-0.2, -0.15) is 0 Å². The minimum absolute atomic E-state index is 0.145. The highest BCUT2D eigenvalue weighted by Gasteiger charge is 2.13. The van der Waals surface area contributed by atoms with Crippen molar-refractivity contribution in [3.8, 4) is 28.3 Å². The van der Waals surface area contributed by atoms with E-state index in [2.05, 4.69) is 35.3 Å². The maximum Gasteiger partial charge on any atom is 0.145 e. The monoisotopic (exact) mass is 277 g/mol. The second kappa shape index (κ2) is 5.88. The zero-order valence-corrected chi connectivity index (χ0v) is 12.3. The minimum Gasteiger partial charge on any atom is -0.489 e. The first-order valence-electron chi connectivity index (χ1n) is 7.24. The number of aromatic amines is 1. The molecule has 21 heavy (non-hydrogen) atoms. The molecule has 0 radical (unpaired) electrons. The summed E-state index contributed by atoms with van der Waals surface area (Å²) in [7, 11) is 0. The normalized spacial score (nSPS) is 10.8. The van der Waals surface area contributed by atoms with E-state index >= 15 is 0 Å². The smallest absolute Gasteiger partial charge is 0.145 e. The van der Waals surface area contributed by atoms with E-state index in [-0.39, 0.29) is 6.10 Å². The van der Waals surface area contributed by atoms with Gasteiger partial charge in [0.05, 0.1) is 11.8 Å². The molecule has 3 aromatic rings. The molecule has 0 unspecified atom stereocenters. The first kappa shape index (κ1) is 13.5. The van der Waals surface area contributed by atoms with Crippen LogP contribution in [-0.4, -0.2) is 11.1 Å². The number of H-pyrrole nitrogens is 1. The summed E-state index contributed by atoms with van der Waals surface area (Å²) in [6.07, 6.45) is 0.145. The van der Waals surface area contributed by atoms with Gasteiger partial charge in [0, 0.05) is 17.3 Å². The van der Waals surface area contributed by atoms with E-state index in [0.717, 1.165) is 28.3 Å². The Labute approximate surface area is 125 Å². The van der Waals surface area contributed by atoms with Crippen molar-refractivity contribution in [2.45, 2.75) is 20.0 Å². The van der Waals surface area contributed by atoms with E-state index in [0.29, 0.717) is 0 Å². The molecule has 2 aromatic carbocycles. The summed E-state index contributed by atoms with van der Waals surface area (Å²) in [5.74, 6) is 0.898. The van der Waals surface area contributed by atoms with E-state index in [9.17, 15) is 0 Å². The second-order valence-electron chi connectivity index (χ2n) is 5.32. The molecule has 0 aliphatic heterocycles. The molecule has 0 saturated heterocycles. The Morgan fingerprint density at radius 3 is 1.95 bits per heavy atom. The van der Waals surface area contributed by atoms with Crippen LogP contribution in [0.1, 0.15) is 13.8 Å². The van der Waals surface area contributed by atoms with Crippen molar-refractivity contribution >= 4 is 0 Å². The van der Waals surface area contributed by atoms with Crippen molar-refractivity contribution in [3.63, 3.8) is 0 Å². The Morgan fingerprint density at radius 1 is 0.810 bits per heavy atom. The van der Waals surface area contributed by atoms with Crippen molar-refractivity contribution in [3.05, 3.63) is 66.7 Å². The number of nitrogens with one attached hydrogen (secondary N) is 1. The average Bonchev–Trinajstić information content (AvgIpc) is 2.92. The molecular formula is C19H19NO. The molecule has 3 rings (SSSR count). The molecule has 0 aliphatic carbocycles. The molecule has 0 amide bonds. The van der Waals surface area contributed by atoms with Crippen molar-refractivity contribution in [1.29, 1.82) is 0 Å². The number of rotatable bonds is 4. The summed E-state index contributed by atoms with van der Waals surface area (Å²) in [6, 6.07) is 22.7. The second-order valence-corrected chi connectivity index (χ2v) is 5.32. The van der Waals surface area contributed by atoms with Gasteiger partial charge in [-0.15, -0.1) is 0 Å². The molecule has 0 atom stereocenters. The van der Waals surface area contributed by atoms with Crippen molar-refractivity contribution < 1.29 is 4.74 Å². The van der Waals surface area contributed by atoms with Gasteiger partial charge in [-0.05, 0) is 19.4 Å². The molecule has 1 N–H and O–H groups in total. The number of aromatic nitrogens is 1. The van der Waals surface area contributed by atoms with Crippen LogP contribution < -0.4 is 4.74 Å². The van der Waals surface area contributed by atoms with Crippen LogP contribution in [0, 0.1) is 0 Å². The molecule has 2 nitrogen and oxygen atoms in total. The Hall–Kier alpha value is -2.48. The molecule has 1 aromatic heterocycles. The van der Waals surface area contributed by atoms with Gasteiger partial charge in [-0.1, -0.05) is 60.7 Å². The van der Waals surface area contributed by atoms with Gasteiger partial charge in [-0.25, -0.2) is 0 Å². The SMILES string of the molecule is CC(C)Oc1cc(-c2ccccc2)[nH]c1-c1ccccc1. The highest BCUT2D eigenvalue weighted by atomic mass is 16.5. The fourth-order valence-electron chi connectivity index (χ4n) is 2.37. The fraction of sp³-hybridized carbons (Fsp3) is 0.158. The van der Waals surface area contributed by atoms with Crippen LogP contribution in [0.2, 0.25) is 0 Å². The van der Waals surface area contributed by atoms with Crippen molar-refractivity contribution in [2.75, 3.05) is 0 Å². The van der Waals surface area contributed by atoms with Crippen LogP contribution in [0.5, 0.6) is 5.75 Å². The minimum atomic E-state index is 0.145. The van der Waals surface area contributed by atoms with Gasteiger partial charge < -0.3 is 9.72 Å². The molecule has 1 heterocycles. The van der Waals surface area contributed by atoms with Crippen molar-refractivity contribution in [2.24, 2.45) is 0 Å². The Bertz CT molecular complexity index is 699. The molecule has 0 bridgehead atoms. The lowest BCUT2D eigenvalue weighted by atomic mass is 10.1. The Balaban J connectivity index is 2.07. The predicted octanol–water partition coefficient (Wildman–Crippen LogP) is 5.14. The molecule has 0 spiro atoms. The summed E-state index contributed by atoms with van der Waals surface area (Å²) >= 11 is 0. The van der Waals surface area contributed by atoms with Gasteiger partial charge in [0.25, 0.3) is 0 Å². The van der Waals surface area contributed by atoms with E-state index in [1.54, 1.807) is 0 Å². The van der Waals surface area contributed by atoms with E-state index < -0.39 is 0 Å². The maximum absolute atomic E-state index is 5.97. The summed E-state index contributed by atoms with van der Waals surface area (Å²) in [6.45, 7) is 4.09. The predicted molar refractivity (Wildman–Crippen MR) is 87.4 cm³/mol. The average molecular weight is 277 g/mol. The summed E-state index contributed by atoms with van der Waals surface area (Å²) in [5, 5.41) is 0. The molecule has 0 saturated carbocycles. The van der Waals surface area contributed by atoms with E-state index in [1.165, 1.54) is 0 Å². The highest BCUT2D eigenvalue weighted by molar-refractivity contribution is 5.74. The number of benzene rings is 2. The fourth-order valence-corrected chi connectivity index (χ4v) is 2.37.